The van der Waals surface area contributed by atoms with Gasteiger partial charge in [-0.15, -0.1) is 0 Å². The summed E-state index contributed by atoms with van der Waals surface area (Å²) in [5.74, 6) is 0.0314. The van der Waals surface area contributed by atoms with E-state index in [1.165, 1.54) is 12.1 Å². The van der Waals surface area contributed by atoms with Gasteiger partial charge in [-0.1, -0.05) is 12.1 Å². The lowest BCUT2D eigenvalue weighted by molar-refractivity contribution is 0.176. The lowest BCUT2D eigenvalue weighted by Gasteiger charge is -2.38. The molecule has 1 heterocycles. The van der Waals surface area contributed by atoms with Gasteiger partial charge in [0, 0.05) is 32.2 Å². The molecule has 0 saturated carbocycles. The summed E-state index contributed by atoms with van der Waals surface area (Å²) in [5.41, 5.74) is 1.08. The van der Waals surface area contributed by atoms with Gasteiger partial charge in [-0.25, -0.2) is 12.8 Å². The van der Waals surface area contributed by atoms with Gasteiger partial charge >= 0.3 is 0 Å². The summed E-state index contributed by atoms with van der Waals surface area (Å²) in [6.07, 6.45) is 0. The van der Waals surface area contributed by atoms with Crippen LogP contribution in [0.4, 0.5) is 4.39 Å². The molecule has 4 nitrogen and oxygen atoms in total. The van der Waals surface area contributed by atoms with Crippen LogP contribution in [0.25, 0.3) is 0 Å². The summed E-state index contributed by atoms with van der Waals surface area (Å²) in [6, 6.07) is 6.59. The Morgan fingerprint density at radius 3 is 2.55 bits per heavy atom. The quantitative estimate of drug-likeness (QED) is 0.826. The van der Waals surface area contributed by atoms with Crippen LogP contribution in [0.1, 0.15) is 19.4 Å². The minimum Gasteiger partial charge on any atom is -0.301 e. The van der Waals surface area contributed by atoms with E-state index >= 15 is 0 Å². The Hall–Kier alpha value is -0.980. The number of hydrogen-bond donors (Lipinski definition) is 0. The predicted octanol–water partition coefficient (Wildman–Crippen LogP) is 1.76. The standard InChI is InChI=1S/C16H25FN2O2S/c1-13-14(2)22(20,21)11-10-19(13)9-8-18(3)12-15-4-6-16(17)7-5-15/h4-7,13-14H,8-12H2,1-3H3/t13-,14-/m1/s1. The molecule has 2 rings (SSSR count). The van der Waals surface area contributed by atoms with Crippen LogP contribution in [0.2, 0.25) is 0 Å². The van der Waals surface area contributed by atoms with Crippen molar-refractivity contribution >= 4 is 9.84 Å². The van der Waals surface area contributed by atoms with Crippen LogP contribution in [0.15, 0.2) is 24.3 Å². The van der Waals surface area contributed by atoms with E-state index in [0.717, 1.165) is 25.2 Å². The second-order valence-electron chi connectivity index (χ2n) is 6.21. The molecule has 22 heavy (non-hydrogen) atoms. The Morgan fingerprint density at radius 2 is 1.91 bits per heavy atom. The Kier molecular flexibility index (Phi) is 5.58. The number of benzene rings is 1. The molecule has 0 spiro atoms. The number of hydrogen-bond acceptors (Lipinski definition) is 4. The largest absolute Gasteiger partial charge is 0.301 e. The smallest absolute Gasteiger partial charge is 0.155 e. The van der Waals surface area contributed by atoms with E-state index in [1.54, 1.807) is 19.1 Å². The molecule has 1 aromatic rings. The van der Waals surface area contributed by atoms with Crippen LogP contribution in [-0.4, -0.2) is 61.9 Å². The van der Waals surface area contributed by atoms with Gasteiger partial charge in [0.1, 0.15) is 5.82 Å². The second-order valence-corrected chi connectivity index (χ2v) is 8.69. The maximum Gasteiger partial charge on any atom is 0.155 e. The number of rotatable bonds is 5. The monoisotopic (exact) mass is 328 g/mol. The van der Waals surface area contributed by atoms with E-state index < -0.39 is 9.84 Å². The fourth-order valence-electron chi connectivity index (χ4n) is 2.83. The van der Waals surface area contributed by atoms with Crippen LogP contribution < -0.4 is 0 Å². The van der Waals surface area contributed by atoms with E-state index in [2.05, 4.69) is 9.80 Å². The topological polar surface area (TPSA) is 40.6 Å². The molecule has 1 aliphatic heterocycles. The minimum absolute atomic E-state index is 0.0537. The van der Waals surface area contributed by atoms with Gasteiger partial charge in [-0.3, -0.25) is 4.90 Å². The van der Waals surface area contributed by atoms with E-state index in [0.29, 0.717) is 6.54 Å². The Bertz CT molecular complexity index is 589. The second kappa shape index (κ2) is 7.06. The highest BCUT2D eigenvalue weighted by Gasteiger charge is 2.35. The van der Waals surface area contributed by atoms with E-state index in [-0.39, 0.29) is 22.9 Å². The molecule has 1 aromatic carbocycles. The molecular weight excluding hydrogens is 303 g/mol. The molecule has 0 aromatic heterocycles. The molecule has 0 bridgehead atoms. The average Bonchev–Trinajstić information content (AvgIpc) is 2.47. The predicted molar refractivity (Wildman–Crippen MR) is 87.0 cm³/mol. The van der Waals surface area contributed by atoms with Crippen molar-refractivity contribution in [3.8, 4) is 0 Å². The van der Waals surface area contributed by atoms with Crippen molar-refractivity contribution in [2.75, 3.05) is 32.4 Å². The van der Waals surface area contributed by atoms with E-state index in [4.69, 9.17) is 0 Å². The zero-order chi connectivity index (χ0) is 16.3. The first-order valence-electron chi connectivity index (χ1n) is 7.68. The third kappa shape index (κ3) is 4.27. The summed E-state index contributed by atoms with van der Waals surface area (Å²) in [5, 5.41) is -0.302. The molecule has 1 saturated heterocycles. The van der Waals surface area contributed by atoms with Gasteiger partial charge in [0.05, 0.1) is 11.0 Å². The van der Waals surface area contributed by atoms with E-state index in [9.17, 15) is 12.8 Å². The molecule has 0 amide bonds. The fourth-order valence-corrected chi connectivity index (χ4v) is 4.46. The fraction of sp³-hybridized carbons (Fsp3) is 0.625. The van der Waals surface area contributed by atoms with Crippen molar-refractivity contribution in [2.24, 2.45) is 0 Å². The summed E-state index contributed by atoms with van der Waals surface area (Å²) >= 11 is 0. The third-order valence-electron chi connectivity index (χ3n) is 4.62. The molecule has 0 unspecified atom stereocenters. The first-order valence-corrected chi connectivity index (χ1v) is 9.40. The van der Waals surface area contributed by atoms with Gasteiger partial charge in [0.2, 0.25) is 0 Å². The Morgan fingerprint density at radius 1 is 1.27 bits per heavy atom. The van der Waals surface area contributed by atoms with Crippen LogP contribution in [0.5, 0.6) is 0 Å². The highest BCUT2D eigenvalue weighted by molar-refractivity contribution is 7.92. The Labute approximate surface area is 132 Å². The molecular formula is C16H25FN2O2S. The SMILES string of the molecule is C[C@@H]1[C@@H](C)S(=O)(=O)CCN1CCN(C)Cc1ccc(F)cc1. The van der Waals surface area contributed by atoms with Crippen molar-refractivity contribution in [3.05, 3.63) is 35.6 Å². The van der Waals surface area contributed by atoms with Gasteiger partial charge in [0.15, 0.2) is 9.84 Å². The number of halogens is 1. The molecule has 2 atom stereocenters. The minimum atomic E-state index is -2.93. The lowest BCUT2D eigenvalue weighted by Crippen LogP contribution is -2.53. The summed E-state index contributed by atoms with van der Waals surface area (Å²) in [4.78, 5) is 4.42. The normalized spacial score (nSPS) is 25.5. The first kappa shape index (κ1) is 17.4. The molecule has 6 heteroatoms. The van der Waals surface area contributed by atoms with Crippen LogP contribution >= 0.6 is 0 Å². The maximum atomic E-state index is 12.9. The summed E-state index contributed by atoms with van der Waals surface area (Å²) in [6.45, 7) is 6.86. The van der Waals surface area contributed by atoms with Crippen LogP contribution in [-0.2, 0) is 16.4 Å². The number of nitrogens with zero attached hydrogens (tertiary/aromatic N) is 2. The molecule has 1 fully saturated rings. The van der Waals surface area contributed by atoms with Gasteiger partial charge < -0.3 is 4.90 Å². The lowest BCUT2D eigenvalue weighted by atomic mass is 10.2. The summed E-state index contributed by atoms with van der Waals surface area (Å²) < 4.78 is 36.6. The van der Waals surface area contributed by atoms with Crippen LogP contribution in [0.3, 0.4) is 0 Å². The molecule has 0 radical (unpaired) electrons. The van der Waals surface area contributed by atoms with Crippen molar-refractivity contribution in [1.29, 1.82) is 0 Å². The highest BCUT2D eigenvalue weighted by atomic mass is 32.2. The van der Waals surface area contributed by atoms with Crippen LogP contribution in [0, 0.1) is 5.82 Å². The summed E-state index contributed by atoms with van der Waals surface area (Å²) in [7, 11) is -0.900. The zero-order valence-electron chi connectivity index (χ0n) is 13.5. The van der Waals surface area contributed by atoms with Gasteiger partial charge in [0.25, 0.3) is 0 Å². The van der Waals surface area contributed by atoms with E-state index in [1.807, 2.05) is 14.0 Å². The highest BCUT2D eigenvalue weighted by Crippen LogP contribution is 2.19. The third-order valence-corrected chi connectivity index (χ3v) is 6.90. The maximum absolute atomic E-state index is 12.9. The van der Waals surface area contributed by atoms with Gasteiger partial charge in [-0.05, 0) is 38.6 Å². The van der Waals surface area contributed by atoms with Crippen molar-refractivity contribution < 1.29 is 12.8 Å². The molecule has 124 valence electrons. The first-order chi connectivity index (χ1) is 10.3. The number of sulfone groups is 1. The average molecular weight is 328 g/mol. The Balaban J connectivity index is 1.83. The zero-order valence-corrected chi connectivity index (χ0v) is 14.3. The van der Waals surface area contributed by atoms with Crippen molar-refractivity contribution in [1.82, 2.24) is 9.80 Å². The van der Waals surface area contributed by atoms with Crippen molar-refractivity contribution in [3.63, 3.8) is 0 Å². The molecule has 1 aliphatic rings. The molecule has 0 aliphatic carbocycles. The van der Waals surface area contributed by atoms with Crippen molar-refractivity contribution in [2.45, 2.75) is 31.7 Å². The van der Waals surface area contributed by atoms with Gasteiger partial charge in [-0.2, -0.15) is 0 Å². The molecule has 0 N–H and O–H groups in total. The number of likely N-dealkylation sites (N-methyl/N-ethyl adjacent to an activating group) is 1.